The number of carboxylic acid groups (broad SMARTS) is 1. The number of hydrogen-bond acceptors (Lipinski definition) is 3. The Morgan fingerprint density at radius 1 is 1.17 bits per heavy atom. The second-order valence-electron chi connectivity index (χ2n) is 5.83. The minimum atomic E-state index is -1.15. The van der Waals surface area contributed by atoms with Gasteiger partial charge in [-0.15, -0.1) is 0 Å². The molecule has 0 spiro atoms. The first-order chi connectivity index (χ1) is 11.0. The number of carbonyl (C=O) groups excluding carboxylic acids is 2. The lowest BCUT2D eigenvalue weighted by atomic mass is 10.1. The van der Waals surface area contributed by atoms with E-state index in [0.717, 1.165) is 31.5 Å². The molecule has 1 fully saturated rings. The number of anilines is 1. The van der Waals surface area contributed by atoms with Gasteiger partial charge in [0.1, 0.15) is 5.92 Å². The zero-order valence-corrected chi connectivity index (χ0v) is 13.2. The molecule has 1 aromatic rings. The number of nitrogens with zero attached hydrogens (tertiary/aromatic N) is 1. The summed E-state index contributed by atoms with van der Waals surface area (Å²) in [7, 11) is 0. The van der Waals surface area contributed by atoms with Crippen LogP contribution in [0, 0.1) is 5.92 Å². The van der Waals surface area contributed by atoms with Crippen molar-refractivity contribution in [1.29, 1.82) is 0 Å². The maximum Gasteiger partial charge on any atom is 0.315 e. The van der Waals surface area contributed by atoms with E-state index in [-0.39, 0.29) is 5.91 Å². The standard InChI is InChI=1S/C17H22N2O4/c1-12(17(22)23)16(21)18-14-7-4-13(5-8-14)6-9-15(20)19-10-2-3-11-19/h4-5,7-8,12H,2-3,6,9-11H2,1H3,(H,18,21)(H,22,23). The number of likely N-dealkylation sites (tertiary alicyclic amines) is 1. The largest absolute Gasteiger partial charge is 0.481 e. The Kier molecular flexibility index (Phi) is 5.73. The Morgan fingerprint density at radius 2 is 1.78 bits per heavy atom. The molecule has 1 aliphatic heterocycles. The third-order valence-electron chi connectivity index (χ3n) is 4.07. The molecule has 0 saturated carbocycles. The van der Waals surface area contributed by atoms with Crippen LogP contribution in [0.5, 0.6) is 0 Å². The van der Waals surface area contributed by atoms with Crippen LogP contribution in [0.1, 0.15) is 31.7 Å². The molecule has 1 unspecified atom stereocenters. The Labute approximate surface area is 135 Å². The molecule has 6 nitrogen and oxygen atoms in total. The summed E-state index contributed by atoms with van der Waals surface area (Å²) in [5.74, 6) is -2.60. The zero-order valence-electron chi connectivity index (χ0n) is 13.2. The number of benzene rings is 1. The van der Waals surface area contributed by atoms with Gasteiger partial charge in [-0.3, -0.25) is 14.4 Å². The van der Waals surface area contributed by atoms with Crippen molar-refractivity contribution in [2.75, 3.05) is 18.4 Å². The molecule has 1 aromatic carbocycles. The van der Waals surface area contributed by atoms with E-state index in [2.05, 4.69) is 5.32 Å². The number of hydrogen-bond donors (Lipinski definition) is 2. The number of carboxylic acids is 1. The SMILES string of the molecule is CC(C(=O)O)C(=O)Nc1ccc(CCC(=O)N2CCCC2)cc1. The van der Waals surface area contributed by atoms with Gasteiger partial charge in [-0.25, -0.2) is 0 Å². The summed E-state index contributed by atoms with van der Waals surface area (Å²) < 4.78 is 0. The van der Waals surface area contributed by atoms with Gasteiger partial charge in [-0.2, -0.15) is 0 Å². The smallest absolute Gasteiger partial charge is 0.315 e. The van der Waals surface area contributed by atoms with Crippen LogP contribution in [0.25, 0.3) is 0 Å². The molecule has 6 heteroatoms. The number of nitrogens with one attached hydrogen (secondary N) is 1. The average molecular weight is 318 g/mol. The van der Waals surface area contributed by atoms with E-state index in [0.29, 0.717) is 18.5 Å². The van der Waals surface area contributed by atoms with Crippen LogP contribution in [-0.4, -0.2) is 40.9 Å². The van der Waals surface area contributed by atoms with Crippen molar-refractivity contribution in [3.8, 4) is 0 Å². The van der Waals surface area contributed by atoms with Crippen molar-refractivity contribution in [2.24, 2.45) is 5.92 Å². The van der Waals surface area contributed by atoms with Crippen LogP contribution in [0.3, 0.4) is 0 Å². The molecule has 124 valence electrons. The van der Waals surface area contributed by atoms with Crippen LogP contribution in [-0.2, 0) is 20.8 Å². The summed E-state index contributed by atoms with van der Waals surface area (Å²) in [6.07, 6.45) is 3.33. The fraction of sp³-hybridized carbons (Fsp3) is 0.471. The van der Waals surface area contributed by atoms with E-state index < -0.39 is 17.8 Å². The molecule has 1 saturated heterocycles. The van der Waals surface area contributed by atoms with E-state index in [1.165, 1.54) is 6.92 Å². The van der Waals surface area contributed by atoms with Gasteiger partial charge in [0.15, 0.2) is 0 Å². The highest BCUT2D eigenvalue weighted by Gasteiger charge is 2.20. The highest BCUT2D eigenvalue weighted by atomic mass is 16.4. The Hall–Kier alpha value is -2.37. The van der Waals surface area contributed by atoms with Crippen molar-refractivity contribution in [1.82, 2.24) is 4.90 Å². The van der Waals surface area contributed by atoms with Gasteiger partial charge < -0.3 is 15.3 Å². The Morgan fingerprint density at radius 3 is 2.35 bits per heavy atom. The quantitative estimate of drug-likeness (QED) is 0.784. The predicted molar refractivity (Wildman–Crippen MR) is 86.0 cm³/mol. The fourth-order valence-electron chi connectivity index (χ4n) is 2.49. The normalized spacial score (nSPS) is 15.3. The van der Waals surface area contributed by atoms with Gasteiger partial charge in [-0.05, 0) is 43.9 Å². The van der Waals surface area contributed by atoms with Gasteiger partial charge in [0.25, 0.3) is 0 Å². The molecular weight excluding hydrogens is 296 g/mol. The van der Waals surface area contributed by atoms with E-state index in [9.17, 15) is 14.4 Å². The number of aryl methyl sites for hydroxylation is 1. The molecule has 0 bridgehead atoms. The minimum Gasteiger partial charge on any atom is -0.481 e. The molecule has 1 atom stereocenters. The third kappa shape index (κ3) is 4.81. The molecule has 23 heavy (non-hydrogen) atoms. The first kappa shape index (κ1) is 17.0. The molecule has 0 radical (unpaired) electrons. The van der Waals surface area contributed by atoms with E-state index in [1.807, 2.05) is 17.0 Å². The van der Waals surface area contributed by atoms with Crippen molar-refractivity contribution in [3.63, 3.8) is 0 Å². The summed E-state index contributed by atoms with van der Waals surface area (Å²) in [5, 5.41) is 11.4. The molecule has 2 amide bonds. The number of rotatable bonds is 6. The fourth-order valence-corrected chi connectivity index (χ4v) is 2.49. The predicted octanol–water partition coefficient (Wildman–Crippen LogP) is 1.90. The van der Waals surface area contributed by atoms with Crippen LogP contribution < -0.4 is 5.32 Å². The molecule has 1 aliphatic rings. The lowest BCUT2D eigenvalue weighted by Gasteiger charge is -2.15. The lowest BCUT2D eigenvalue weighted by molar-refractivity contribution is -0.144. The third-order valence-corrected chi connectivity index (χ3v) is 4.07. The molecule has 0 aromatic heterocycles. The summed E-state index contributed by atoms with van der Waals surface area (Å²) in [4.78, 5) is 36.3. The van der Waals surface area contributed by atoms with Gasteiger partial charge in [-0.1, -0.05) is 12.1 Å². The highest BCUT2D eigenvalue weighted by molar-refractivity contribution is 6.03. The number of aliphatic carboxylic acids is 1. The highest BCUT2D eigenvalue weighted by Crippen LogP contribution is 2.14. The van der Waals surface area contributed by atoms with Crippen molar-refractivity contribution in [3.05, 3.63) is 29.8 Å². The minimum absolute atomic E-state index is 0.190. The van der Waals surface area contributed by atoms with Crippen molar-refractivity contribution >= 4 is 23.5 Å². The van der Waals surface area contributed by atoms with Gasteiger partial charge in [0.2, 0.25) is 11.8 Å². The molecule has 1 heterocycles. The molecule has 2 rings (SSSR count). The Balaban J connectivity index is 1.83. The van der Waals surface area contributed by atoms with Crippen LogP contribution in [0.15, 0.2) is 24.3 Å². The number of carbonyl (C=O) groups is 3. The maximum absolute atomic E-state index is 12.0. The van der Waals surface area contributed by atoms with E-state index >= 15 is 0 Å². The summed E-state index contributed by atoms with van der Waals surface area (Å²) in [6.45, 7) is 3.08. The molecular formula is C17H22N2O4. The van der Waals surface area contributed by atoms with Crippen molar-refractivity contribution < 1.29 is 19.5 Å². The van der Waals surface area contributed by atoms with Crippen molar-refractivity contribution in [2.45, 2.75) is 32.6 Å². The molecule has 2 N–H and O–H groups in total. The van der Waals surface area contributed by atoms with E-state index in [4.69, 9.17) is 5.11 Å². The van der Waals surface area contributed by atoms with Gasteiger partial charge in [0.05, 0.1) is 0 Å². The second kappa shape index (κ2) is 7.76. The van der Waals surface area contributed by atoms with Gasteiger partial charge in [0, 0.05) is 25.2 Å². The van der Waals surface area contributed by atoms with Crippen LogP contribution in [0.4, 0.5) is 5.69 Å². The number of amides is 2. The first-order valence-corrected chi connectivity index (χ1v) is 7.88. The summed E-state index contributed by atoms with van der Waals surface area (Å²) in [6, 6.07) is 7.14. The lowest BCUT2D eigenvalue weighted by Crippen LogP contribution is -2.27. The van der Waals surface area contributed by atoms with Crippen LogP contribution in [0.2, 0.25) is 0 Å². The topological polar surface area (TPSA) is 86.7 Å². The summed E-state index contributed by atoms with van der Waals surface area (Å²) in [5.41, 5.74) is 1.57. The van der Waals surface area contributed by atoms with E-state index in [1.54, 1.807) is 12.1 Å². The first-order valence-electron chi connectivity index (χ1n) is 7.88. The van der Waals surface area contributed by atoms with Crippen LogP contribution >= 0.6 is 0 Å². The second-order valence-corrected chi connectivity index (χ2v) is 5.83. The molecule has 0 aliphatic carbocycles. The van der Waals surface area contributed by atoms with Gasteiger partial charge >= 0.3 is 5.97 Å². The summed E-state index contributed by atoms with van der Waals surface area (Å²) >= 11 is 0. The average Bonchev–Trinajstić information content (AvgIpc) is 3.07. The zero-order chi connectivity index (χ0) is 16.8. The maximum atomic E-state index is 12.0. The Bertz CT molecular complexity index is 577. The monoisotopic (exact) mass is 318 g/mol.